The zero-order valence-electron chi connectivity index (χ0n) is 19.8. The van der Waals surface area contributed by atoms with Crippen molar-refractivity contribution in [3.8, 4) is 29.1 Å². The molecule has 9 nitrogen and oxygen atoms in total. The number of nitriles is 1. The average molecular weight is 479 g/mol. The number of morpholine rings is 1. The molecule has 0 saturated carbocycles. The van der Waals surface area contributed by atoms with Crippen LogP contribution in [0.4, 0.5) is 0 Å². The van der Waals surface area contributed by atoms with Crippen molar-refractivity contribution in [3.63, 3.8) is 0 Å². The quantitative estimate of drug-likeness (QED) is 0.247. The van der Waals surface area contributed by atoms with Crippen LogP contribution in [0.25, 0.3) is 12.2 Å². The molecule has 1 fully saturated rings. The van der Waals surface area contributed by atoms with Gasteiger partial charge in [-0.2, -0.15) is 5.26 Å². The molecule has 35 heavy (non-hydrogen) atoms. The van der Waals surface area contributed by atoms with E-state index in [1.165, 1.54) is 26.4 Å². The fraction of sp³-hybridized carbons (Fsp3) is 0.269. The van der Waals surface area contributed by atoms with Crippen LogP contribution >= 0.6 is 0 Å². The van der Waals surface area contributed by atoms with E-state index in [-0.39, 0.29) is 23.0 Å². The minimum Gasteiger partial charge on any atom is -0.497 e. The van der Waals surface area contributed by atoms with E-state index in [9.17, 15) is 14.9 Å². The van der Waals surface area contributed by atoms with Gasteiger partial charge in [-0.3, -0.25) is 4.79 Å². The Kier molecular flexibility index (Phi) is 8.87. The zero-order valence-corrected chi connectivity index (χ0v) is 19.8. The molecule has 0 atom stereocenters. The van der Waals surface area contributed by atoms with E-state index in [1.807, 2.05) is 6.07 Å². The molecule has 0 spiro atoms. The third-order valence-electron chi connectivity index (χ3n) is 5.20. The first-order valence-electron chi connectivity index (χ1n) is 10.8. The number of carbonyl (C=O) groups is 2. The average Bonchev–Trinajstić information content (AvgIpc) is 2.91. The second kappa shape index (κ2) is 12.3. The van der Waals surface area contributed by atoms with Crippen LogP contribution in [0, 0.1) is 11.3 Å². The number of carbonyl (C=O) groups excluding carboxylic acids is 2. The maximum Gasteiger partial charge on any atom is 0.336 e. The van der Waals surface area contributed by atoms with Gasteiger partial charge in [-0.05, 0) is 42.0 Å². The van der Waals surface area contributed by atoms with Crippen molar-refractivity contribution in [3.05, 3.63) is 59.2 Å². The molecule has 1 saturated heterocycles. The predicted octanol–water partition coefficient (Wildman–Crippen LogP) is 3.10. The van der Waals surface area contributed by atoms with Crippen molar-refractivity contribution in [1.29, 1.82) is 5.26 Å². The van der Waals surface area contributed by atoms with Gasteiger partial charge in [-0.15, -0.1) is 0 Å². The zero-order chi connectivity index (χ0) is 25.2. The van der Waals surface area contributed by atoms with Gasteiger partial charge in [0.2, 0.25) is 0 Å². The Hall–Kier alpha value is -4.29. The van der Waals surface area contributed by atoms with Gasteiger partial charge in [0.25, 0.3) is 5.91 Å². The molecule has 1 heterocycles. The Morgan fingerprint density at radius 3 is 2.37 bits per heavy atom. The Morgan fingerprint density at radius 1 is 0.971 bits per heavy atom. The first-order valence-corrected chi connectivity index (χ1v) is 10.8. The first kappa shape index (κ1) is 25.3. The molecule has 1 aliphatic heterocycles. The number of ether oxygens (including phenoxy) is 5. The Bertz CT molecular complexity index is 1170. The van der Waals surface area contributed by atoms with Gasteiger partial charge in [-0.1, -0.05) is 6.07 Å². The lowest BCUT2D eigenvalue weighted by atomic mass is 10.1. The van der Waals surface area contributed by atoms with Crippen molar-refractivity contribution in [1.82, 2.24) is 4.90 Å². The van der Waals surface area contributed by atoms with Crippen LogP contribution in [0.1, 0.15) is 11.1 Å². The minimum absolute atomic E-state index is 0.00456. The van der Waals surface area contributed by atoms with E-state index in [1.54, 1.807) is 54.5 Å². The number of methoxy groups -OCH3 is 3. The molecule has 3 rings (SSSR count). The minimum atomic E-state index is -0.621. The monoisotopic (exact) mass is 478 g/mol. The summed E-state index contributed by atoms with van der Waals surface area (Å²) < 4.78 is 26.5. The number of hydrogen-bond acceptors (Lipinski definition) is 8. The molecule has 0 unspecified atom stereocenters. The van der Waals surface area contributed by atoms with Gasteiger partial charge >= 0.3 is 5.97 Å². The molecule has 0 radical (unpaired) electrons. The molecule has 1 amide bonds. The van der Waals surface area contributed by atoms with Gasteiger partial charge in [0.15, 0.2) is 11.5 Å². The topological polar surface area (TPSA) is 107 Å². The number of amides is 1. The summed E-state index contributed by atoms with van der Waals surface area (Å²) >= 11 is 0. The molecule has 0 N–H and O–H groups in total. The van der Waals surface area contributed by atoms with Gasteiger partial charge in [0.05, 0.1) is 34.5 Å². The molecular formula is C26H26N2O7. The fourth-order valence-electron chi connectivity index (χ4n) is 3.36. The standard InChI is InChI=1S/C26H26N2O7/c1-31-21-7-5-19(23(16-21)32-2)6-9-25(29)35-22-8-4-18(15-24(22)33-3)14-20(17-27)26(30)28-10-12-34-13-11-28/h4-9,14-16H,10-13H2,1-3H3/b9-6+,20-14+. The Balaban J connectivity index is 1.74. The molecule has 1 aliphatic rings. The summed E-state index contributed by atoms with van der Waals surface area (Å²) in [5.74, 6) is 0.667. The predicted molar refractivity (Wildman–Crippen MR) is 128 cm³/mol. The maximum absolute atomic E-state index is 12.6. The summed E-state index contributed by atoms with van der Waals surface area (Å²) in [7, 11) is 4.51. The van der Waals surface area contributed by atoms with Gasteiger partial charge in [-0.25, -0.2) is 4.79 Å². The Labute approximate surface area is 203 Å². The molecule has 0 aliphatic carbocycles. The van der Waals surface area contributed by atoms with Crippen LogP contribution in [-0.4, -0.2) is 64.4 Å². The van der Waals surface area contributed by atoms with Crippen molar-refractivity contribution >= 4 is 24.0 Å². The lowest BCUT2D eigenvalue weighted by molar-refractivity contribution is -0.130. The highest BCUT2D eigenvalue weighted by atomic mass is 16.6. The SMILES string of the molecule is COc1ccc(/C=C/C(=O)Oc2ccc(/C=C(\C#N)C(=O)N3CCOCC3)cc2OC)c(OC)c1. The van der Waals surface area contributed by atoms with Gasteiger partial charge < -0.3 is 28.6 Å². The maximum atomic E-state index is 12.6. The van der Waals surface area contributed by atoms with E-state index in [2.05, 4.69) is 0 Å². The van der Waals surface area contributed by atoms with E-state index in [0.29, 0.717) is 48.9 Å². The number of nitrogens with zero attached hydrogens (tertiary/aromatic N) is 2. The number of rotatable bonds is 8. The van der Waals surface area contributed by atoms with Crippen LogP contribution in [-0.2, 0) is 14.3 Å². The summed E-state index contributed by atoms with van der Waals surface area (Å²) in [5, 5.41) is 9.49. The third kappa shape index (κ3) is 6.62. The van der Waals surface area contributed by atoms with Gasteiger partial charge in [0.1, 0.15) is 23.1 Å². The fourth-order valence-corrected chi connectivity index (χ4v) is 3.36. The normalized spacial score (nSPS) is 13.8. The first-order chi connectivity index (χ1) is 17.0. The number of esters is 1. The van der Waals surface area contributed by atoms with Crippen LogP contribution in [0.15, 0.2) is 48.0 Å². The van der Waals surface area contributed by atoms with Crippen molar-refractivity contribution in [2.45, 2.75) is 0 Å². The molecular weight excluding hydrogens is 452 g/mol. The molecule has 182 valence electrons. The largest absolute Gasteiger partial charge is 0.497 e. The number of hydrogen-bond donors (Lipinski definition) is 0. The lowest BCUT2D eigenvalue weighted by Gasteiger charge is -2.26. The summed E-state index contributed by atoms with van der Waals surface area (Å²) in [4.78, 5) is 26.6. The Morgan fingerprint density at radius 2 is 1.71 bits per heavy atom. The summed E-state index contributed by atoms with van der Waals surface area (Å²) in [6.45, 7) is 1.76. The second-order valence-corrected chi connectivity index (χ2v) is 7.35. The van der Waals surface area contributed by atoms with Crippen molar-refractivity contribution < 1.29 is 33.3 Å². The summed E-state index contributed by atoms with van der Waals surface area (Å²) in [6.07, 6.45) is 4.31. The van der Waals surface area contributed by atoms with E-state index in [4.69, 9.17) is 23.7 Å². The number of benzene rings is 2. The van der Waals surface area contributed by atoms with Crippen LogP contribution in [0.5, 0.6) is 23.0 Å². The van der Waals surface area contributed by atoms with E-state index in [0.717, 1.165) is 0 Å². The summed E-state index contributed by atoms with van der Waals surface area (Å²) in [6, 6.07) is 11.9. The molecule has 2 aromatic rings. The highest BCUT2D eigenvalue weighted by Gasteiger charge is 2.21. The summed E-state index contributed by atoms with van der Waals surface area (Å²) in [5.41, 5.74) is 1.22. The highest BCUT2D eigenvalue weighted by Crippen LogP contribution is 2.30. The van der Waals surface area contributed by atoms with Crippen molar-refractivity contribution in [2.24, 2.45) is 0 Å². The van der Waals surface area contributed by atoms with Crippen LogP contribution in [0.2, 0.25) is 0 Å². The highest BCUT2D eigenvalue weighted by molar-refractivity contribution is 6.01. The molecule has 0 aromatic heterocycles. The smallest absolute Gasteiger partial charge is 0.336 e. The lowest BCUT2D eigenvalue weighted by Crippen LogP contribution is -2.41. The third-order valence-corrected chi connectivity index (χ3v) is 5.20. The van der Waals surface area contributed by atoms with Gasteiger partial charge in [0, 0.05) is 30.8 Å². The second-order valence-electron chi connectivity index (χ2n) is 7.35. The molecule has 0 bridgehead atoms. The molecule has 9 heteroatoms. The van der Waals surface area contributed by atoms with E-state index < -0.39 is 5.97 Å². The van der Waals surface area contributed by atoms with Crippen molar-refractivity contribution in [2.75, 3.05) is 47.6 Å². The van der Waals surface area contributed by atoms with Crippen LogP contribution in [0.3, 0.4) is 0 Å². The van der Waals surface area contributed by atoms with Crippen LogP contribution < -0.4 is 18.9 Å². The van der Waals surface area contributed by atoms with E-state index >= 15 is 0 Å². The molecule has 2 aromatic carbocycles.